The van der Waals surface area contributed by atoms with E-state index in [1.54, 1.807) is 36.3 Å². The average Bonchev–Trinajstić information content (AvgIpc) is 2.89. The molecular weight excluding hydrogens is 436 g/mol. The van der Waals surface area contributed by atoms with Crippen LogP contribution >= 0.6 is 0 Å². The summed E-state index contributed by atoms with van der Waals surface area (Å²) in [6, 6.07) is 5.28. The molecular formula is C25H34N4O5. The van der Waals surface area contributed by atoms with E-state index in [0.29, 0.717) is 30.8 Å². The second-order valence-corrected chi connectivity index (χ2v) is 9.36. The Morgan fingerprint density at radius 3 is 2.41 bits per heavy atom. The number of carbonyl (C=O) groups excluding carboxylic acids is 4. The van der Waals surface area contributed by atoms with E-state index < -0.39 is 18.0 Å². The highest BCUT2D eigenvalue weighted by atomic mass is 16.5. The van der Waals surface area contributed by atoms with Crippen molar-refractivity contribution in [1.82, 2.24) is 20.4 Å². The highest BCUT2D eigenvalue weighted by Crippen LogP contribution is 2.27. The Bertz CT molecular complexity index is 912. The zero-order valence-electron chi connectivity index (χ0n) is 19.8. The maximum atomic E-state index is 13.4. The molecule has 1 aromatic carbocycles. The molecule has 0 spiro atoms. The lowest BCUT2D eigenvalue weighted by molar-refractivity contribution is -0.142. The summed E-state index contributed by atoms with van der Waals surface area (Å²) in [6.07, 6.45) is 6.35. The molecule has 2 heterocycles. The summed E-state index contributed by atoms with van der Waals surface area (Å²) < 4.78 is 5.18. The Morgan fingerprint density at radius 2 is 1.74 bits per heavy atom. The third-order valence-corrected chi connectivity index (χ3v) is 7.15. The Balaban J connectivity index is 1.52. The van der Waals surface area contributed by atoms with Crippen LogP contribution in [0, 0.1) is 5.92 Å². The molecule has 1 aliphatic carbocycles. The van der Waals surface area contributed by atoms with Crippen molar-refractivity contribution in [1.29, 1.82) is 0 Å². The van der Waals surface area contributed by atoms with Crippen molar-refractivity contribution in [3.8, 4) is 5.75 Å². The van der Waals surface area contributed by atoms with E-state index in [9.17, 15) is 19.2 Å². The van der Waals surface area contributed by atoms with Crippen LogP contribution in [0.2, 0.25) is 0 Å². The van der Waals surface area contributed by atoms with Crippen LogP contribution in [0.15, 0.2) is 24.3 Å². The number of hydrogen-bond acceptors (Lipinski definition) is 5. The van der Waals surface area contributed by atoms with Crippen molar-refractivity contribution < 1.29 is 23.9 Å². The van der Waals surface area contributed by atoms with Gasteiger partial charge >= 0.3 is 0 Å². The molecule has 2 saturated heterocycles. The molecule has 184 valence electrons. The van der Waals surface area contributed by atoms with Gasteiger partial charge in [-0.05, 0) is 49.9 Å². The number of nitrogens with one attached hydrogen (secondary N) is 2. The number of nitrogens with zero attached hydrogens (tertiary/aromatic N) is 2. The molecule has 1 saturated carbocycles. The minimum Gasteiger partial charge on any atom is -0.497 e. The summed E-state index contributed by atoms with van der Waals surface area (Å²) in [6.45, 7) is 1.39. The molecule has 9 nitrogen and oxygen atoms in total. The highest BCUT2D eigenvalue weighted by Gasteiger charge is 2.40. The van der Waals surface area contributed by atoms with Crippen molar-refractivity contribution in [3.63, 3.8) is 0 Å². The lowest BCUT2D eigenvalue weighted by Gasteiger charge is -2.42. The van der Waals surface area contributed by atoms with E-state index in [4.69, 9.17) is 4.74 Å². The monoisotopic (exact) mass is 470 g/mol. The van der Waals surface area contributed by atoms with Crippen molar-refractivity contribution >= 4 is 23.6 Å². The van der Waals surface area contributed by atoms with Crippen LogP contribution in [0.3, 0.4) is 0 Å². The summed E-state index contributed by atoms with van der Waals surface area (Å²) in [5.41, 5.74) is 0.445. The molecule has 2 atom stereocenters. The van der Waals surface area contributed by atoms with Crippen LogP contribution in [0.25, 0.3) is 0 Å². The number of methoxy groups -OCH3 is 1. The molecule has 0 unspecified atom stereocenters. The molecule has 0 aromatic heterocycles. The first kappa shape index (κ1) is 24.0. The SMILES string of the molecule is COc1ccc(C(=O)N2CCN(C(=O)C3CCCCC3)C[C@@H]2C(=O)N[C@H]2CCCNC2=O)cc1. The van der Waals surface area contributed by atoms with Gasteiger partial charge < -0.3 is 25.2 Å². The lowest BCUT2D eigenvalue weighted by atomic mass is 9.88. The van der Waals surface area contributed by atoms with E-state index in [2.05, 4.69) is 10.6 Å². The second kappa shape index (κ2) is 10.9. The van der Waals surface area contributed by atoms with E-state index >= 15 is 0 Å². The predicted octanol–water partition coefficient (Wildman–Crippen LogP) is 1.32. The van der Waals surface area contributed by atoms with Gasteiger partial charge in [-0.1, -0.05) is 19.3 Å². The number of piperidine rings is 1. The normalized spacial score (nSPS) is 23.7. The molecule has 4 amide bonds. The summed E-state index contributed by atoms with van der Waals surface area (Å²) in [7, 11) is 1.56. The zero-order valence-corrected chi connectivity index (χ0v) is 19.8. The molecule has 4 rings (SSSR count). The van der Waals surface area contributed by atoms with Gasteiger partial charge in [0.05, 0.1) is 13.7 Å². The fraction of sp³-hybridized carbons (Fsp3) is 0.600. The standard InChI is InChI=1S/C25H34N4O5/c1-34-19-11-9-18(10-12-19)25(33)29-15-14-28(24(32)17-6-3-2-4-7-17)16-21(29)23(31)27-20-8-5-13-26-22(20)30/h9-12,17,20-21H,2-8,13-16H2,1H3,(H,26,30)(H,27,31)/t20-,21+/m0/s1. The summed E-state index contributed by atoms with van der Waals surface area (Å²) in [5.74, 6) is -0.184. The van der Waals surface area contributed by atoms with E-state index in [0.717, 1.165) is 38.5 Å². The second-order valence-electron chi connectivity index (χ2n) is 9.36. The lowest BCUT2D eigenvalue weighted by Crippen LogP contribution is -2.64. The molecule has 9 heteroatoms. The minimum absolute atomic E-state index is 0.00887. The molecule has 34 heavy (non-hydrogen) atoms. The predicted molar refractivity (Wildman–Crippen MR) is 125 cm³/mol. The summed E-state index contributed by atoms with van der Waals surface area (Å²) in [4.78, 5) is 55.4. The molecule has 1 aromatic rings. The third kappa shape index (κ3) is 5.34. The van der Waals surface area contributed by atoms with Gasteiger partial charge in [0.25, 0.3) is 5.91 Å². The third-order valence-electron chi connectivity index (χ3n) is 7.15. The van der Waals surface area contributed by atoms with Gasteiger partial charge in [-0.3, -0.25) is 19.2 Å². The van der Waals surface area contributed by atoms with Crippen LogP contribution in [0.4, 0.5) is 0 Å². The van der Waals surface area contributed by atoms with Gasteiger partial charge in [-0.2, -0.15) is 0 Å². The average molecular weight is 471 g/mol. The van der Waals surface area contributed by atoms with Crippen molar-refractivity contribution in [2.75, 3.05) is 33.3 Å². The maximum absolute atomic E-state index is 13.4. The van der Waals surface area contributed by atoms with Gasteiger partial charge in [-0.25, -0.2) is 0 Å². The highest BCUT2D eigenvalue weighted by molar-refractivity contribution is 5.99. The maximum Gasteiger partial charge on any atom is 0.254 e. The van der Waals surface area contributed by atoms with Gasteiger partial charge in [0.15, 0.2) is 0 Å². The van der Waals surface area contributed by atoms with Gasteiger partial charge in [0, 0.05) is 31.1 Å². The molecule has 0 radical (unpaired) electrons. The number of amides is 4. The molecule has 0 bridgehead atoms. The van der Waals surface area contributed by atoms with E-state index in [1.807, 2.05) is 0 Å². The largest absolute Gasteiger partial charge is 0.497 e. The minimum atomic E-state index is -0.856. The number of carbonyl (C=O) groups is 4. The quantitative estimate of drug-likeness (QED) is 0.675. The number of rotatable bonds is 5. The Labute approximate surface area is 200 Å². The smallest absolute Gasteiger partial charge is 0.254 e. The van der Waals surface area contributed by atoms with E-state index in [-0.39, 0.29) is 36.7 Å². The van der Waals surface area contributed by atoms with Crippen LogP contribution in [0.1, 0.15) is 55.3 Å². The Kier molecular flexibility index (Phi) is 7.70. The van der Waals surface area contributed by atoms with Crippen molar-refractivity contribution in [2.45, 2.75) is 57.0 Å². The molecule has 3 aliphatic rings. The fourth-order valence-electron chi connectivity index (χ4n) is 5.14. The number of ether oxygens (including phenoxy) is 1. The van der Waals surface area contributed by atoms with Crippen molar-refractivity contribution in [2.24, 2.45) is 5.92 Å². The topological polar surface area (TPSA) is 108 Å². The van der Waals surface area contributed by atoms with Gasteiger partial charge in [0.1, 0.15) is 17.8 Å². The van der Waals surface area contributed by atoms with Crippen LogP contribution < -0.4 is 15.4 Å². The number of benzene rings is 1. The van der Waals surface area contributed by atoms with Crippen molar-refractivity contribution in [3.05, 3.63) is 29.8 Å². The van der Waals surface area contributed by atoms with E-state index in [1.165, 1.54) is 4.90 Å². The Morgan fingerprint density at radius 1 is 1.00 bits per heavy atom. The van der Waals surface area contributed by atoms with Gasteiger partial charge in [0.2, 0.25) is 17.7 Å². The number of hydrogen-bond donors (Lipinski definition) is 2. The number of piperazine rings is 1. The first-order chi connectivity index (χ1) is 16.5. The first-order valence-corrected chi connectivity index (χ1v) is 12.3. The molecule has 3 fully saturated rings. The van der Waals surface area contributed by atoms with Gasteiger partial charge in [-0.15, -0.1) is 0 Å². The Hall–Kier alpha value is -3.10. The van der Waals surface area contributed by atoms with Crippen LogP contribution in [-0.2, 0) is 14.4 Å². The zero-order chi connectivity index (χ0) is 24.1. The first-order valence-electron chi connectivity index (χ1n) is 12.3. The molecule has 2 aliphatic heterocycles. The summed E-state index contributed by atoms with van der Waals surface area (Å²) >= 11 is 0. The molecule has 2 N–H and O–H groups in total. The fourth-order valence-corrected chi connectivity index (χ4v) is 5.14. The van der Waals surface area contributed by atoms with Crippen LogP contribution in [0.5, 0.6) is 5.75 Å². The van der Waals surface area contributed by atoms with Crippen LogP contribution in [-0.4, -0.2) is 78.8 Å². The summed E-state index contributed by atoms with van der Waals surface area (Å²) in [5, 5.41) is 5.60.